The van der Waals surface area contributed by atoms with Gasteiger partial charge in [0.1, 0.15) is 0 Å². The Balaban J connectivity index is 2.82. The van der Waals surface area contributed by atoms with E-state index >= 15 is 0 Å². The van der Waals surface area contributed by atoms with Crippen LogP contribution in [0.5, 0.6) is 0 Å². The van der Waals surface area contributed by atoms with Crippen LogP contribution in [-0.4, -0.2) is 17.8 Å². The monoisotopic (exact) mass is 154 g/mol. The smallest absolute Gasteiger partial charge is 0.403 e. The summed E-state index contributed by atoms with van der Waals surface area (Å²) in [7, 11) is 0. The van der Waals surface area contributed by atoms with E-state index in [1.807, 2.05) is 0 Å². The van der Waals surface area contributed by atoms with Crippen molar-refractivity contribution in [2.75, 3.05) is 12.4 Å². The van der Waals surface area contributed by atoms with E-state index in [1.165, 1.54) is 0 Å². The second-order valence-corrected chi connectivity index (χ2v) is 1.92. The van der Waals surface area contributed by atoms with E-state index < -0.39 is 5.43 Å². The summed E-state index contributed by atoms with van der Waals surface area (Å²) in [6, 6.07) is 0. The van der Waals surface area contributed by atoms with Crippen molar-refractivity contribution in [1.82, 2.24) is 0 Å². The van der Waals surface area contributed by atoms with Crippen molar-refractivity contribution >= 4 is 29.7 Å². The van der Waals surface area contributed by atoms with Gasteiger partial charge in [0.05, 0.1) is 6.61 Å². The lowest BCUT2D eigenvalue weighted by molar-refractivity contribution is 0.174. The number of thiol groups is 1. The van der Waals surface area contributed by atoms with Gasteiger partial charge in [0.15, 0.2) is 0 Å². The van der Waals surface area contributed by atoms with Gasteiger partial charge in [0.25, 0.3) is 0 Å². The molecule has 0 aromatic rings. The van der Waals surface area contributed by atoms with Gasteiger partial charge in [-0.15, -0.1) is 0 Å². The minimum Gasteiger partial charge on any atom is -0.454 e. The molecule has 0 rings (SSSR count). The second-order valence-electron chi connectivity index (χ2n) is 1.16. The SMILES string of the molecule is O=C(Cl)OCCCS. The van der Waals surface area contributed by atoms with Crippen LogP contribution in [0.1, 0.15) is 6.42 Å². The zero-order chi connectivity index (χ0) is 6.41. The maximum absolute atomic E-state index is 9.84. The fourth-order valence-corrected chi connectivity index (χ4v) is 0.423. The zero-order valence-corrected chi connectivity index (χ0v) is 5.91. The molecule has 0 fully saturated rings. The first-order valence-electron chi connectivity index (χ1n) is 2.20. The molecule has 0 bridgehead atoms. The minimum absolute atomic E-state index is 0.367. The highest BCUT2D eigenvalue weighted by molar-refractivity contribution is 7.80. The van der Waals surface area contributed by atoms with E-state index in [4.69, 9.17) is 11.6 Å². The summed E-state index contributed by atoms with van der Waals surface area (Å²) < 4.78 is 4.36. The second kappa shape index (κ2) is 5.25. The first-order valence-corrected chi connectivity index (χ1v) is 3.21. The van der Waals surface area contributed by atoms with Crippen LogP contribution in [0.3, 0.4) is 0 Å². The molecule has 0 saturated carbocycles. The van der Waals surface area contributed by atoms with Crippen molar-refractivity contribution in [3.8, 4) is 0 Å². The van der Waals surface area contributed by atoms with Crippen LogP contribution in [0.4, 0.5) is 4.79 Å². The predicted molar refractivity (Wildman–Crippen MR) is 35.7 cm³/mol. The van der Waals surface area contributed by atoms with Crippen molar-refractivity contribution in [2.45, 2.75) is 6.42 Å². The molecular weight excluding hydrogens is 148 g/mol. The fraction of sp³-hybridized carbons (Fsp3) is 0.750. The van der Waals surface area contributed by atoms with Crippen LogP contribution in [0.25, 0.3) is 0 Å². The van der Waals surface area contributed by atoms with Gasteiger partial charge >= 0.3 is 5.43 Å². The summed E-state index contributed by atoms with van der Waals surface area (Å²) in [5.41, 5.74) is -0.744. The highest BCUT2D eigenvalue weighted by atomic mass is 35.5. The van der Waals surface area contributed by atoms with E-state index in [0.717, 1.165) is 6.42 Å². The Hall–Kier alpha value is 0.110. The highest BCUT2D eigenvalue weighted by Gasteiger charge is 1.91. The van der Waals surface area contributed by atoms with Crippen LogP contribution in [0.2, 0.25) is 0 Å². The van der Waals surface area contributed by atoms with Gasteiger partial charge in [0.2, 0.25) is 0 Å². The summed E-state index contributed by atoms with van der Waals surface area (Å²) in [6.45, 7) is 0.367. The molecule has 8 heavy (non-hydrogen) atoms. The molecular formula is C4H7ClO2S. The van der Waals surface area contributed by atoms with Crippen molar-refractivity contribution in [2.24, 2.45) is 0 Å². The molecule has 0 aliphatic rings. The topological polar surface area (TPSA) is 26.3 Å². The Bertz CT molecular complexity index is 76.4. The average Bonchev–Trinajstić information content (AvgIpc) is 1.66. The molecule has 0 aromatic carbocycles. The molecule has 0 spiro atoms. The standard InChI is InChI=1S/C4H7ClO2S/c5-4(6)7-2-1-3-8/h8H,1-3H2. The van der Waals surface area contributed by atoms with Crippen LogP contribution < -0.4 is 0 Å². The van der Waals surface area contributed by atoms with Crippen LogP contribution in [-0.2, 0) is 4.74 Å². The largest absolute Gasteiger partial charge is 0.454 e. The Morgan fingerprint density at radius 3 is 2.75 bits per heavy atom. The van der Waals surface area contributed by atoms with Gasteiger partial charge in [-0.25, -0.2) is 4.79 Å². The summed E-state index contributed by atoms with van der Waals surface area (Å²) >= 11 is 8.72. The van der Waals surface area contributed by atoms with E-state index in [0.29, 0.717) is 12.4 Å². The number of hydrogen-bond donors (Lipinski definition) is 1. The highest BCUT2D eigenvalue weighted by Crippen LogP contribution is 1.90. The lowest BCUT2D eigenvalue weighted by Gasteiger charge is -1.94. The number of carbonyl (C=O) groups excluding carboxylic acids is 1. The first kappa shape index (κ1) is 8.11. The lowest BCUT2D eigenvalue weighted by atomic mass is 10.5. The molecule has 0 aliphatic heterocycles. The fourth-order valence-electron chi connectivity index (χ4n) is 0.217. The number of hydrogen-bond acceptors (Lipinski definition) is 3. The third kappa shape index (κ3) is 6.11. The molecule has 0 heterocycles. The molecule has 0 atom stereocenters. The zero-order valence-electron chi connectivity index (χ0n) is 4.26. The van der Waals surface area contributed by atoms with Gasteiger partial charge in [-0.2, -0.15) is 12.6 Å². The first-order chi connectivity index (χ1) is 3.77. The molecule has 0 radical (unpaired) electrons. The Kier molecular flexibility index (Phi) is 5.32. The molecule has 0 unspecified atom stereocenters. The van der Waals surface area contributed by atoms with E-state index in [1.54, 1.807) is 0 Å². The molecule has 0 aliphatic carbocycles. The van der Waals surface area contributed by atoms with Crippen LogP contribution in [0.15, 0.2) is 0 Å². The molecule has 0 amide bonds. The lowest BCUT2D eigenvalue weighted by Crippen LogP contribution is -1.96. The summed E-state index contributed by atoms with van der Waals surface area (Å²) in [5, 5.41) is 0. The van der Waals surface area contributed by atoms with Gasteiger partial charge in [0, 0.05) is 11.6 Å². The quantitative estimate of drug-likeness (QED) is 0.380. The van der Waals surface area contributed by atoms with E-state index in [9.17, 15) is 4.79 Å². The molecule has 4 heteroatoms. The number of halogens is 1. The molecule has 0 aromatic heterocycles. The number of carbonyl (C=O) groups is 1. The van der Waals surface area contributed by atoms with Crippen molar-refractivity contribution < 1.29 is 9.53 Å². The van der Waals surface area contributed by atoms with E-state index in [-0.39, 0.29) is 0 Å². The Morgan fingerprint density at radius 1 is 1.75 bits per heavy atom. The normalized spacial score (nSPS) is 8.75. The average molecular weight is 155 g/mol. The van der Waals surface area contributed by atoms with Crippen LogP contribution in [0, 0.1) is 0 Å². The van der Waals surface area contributed by atoms with Crippen LogP contribution >= 0.6 is 24.2 Å². The van der Waals surface area contributed by atoms with Crippen molar-refractivity contribution in [3.05, 3.63) is 0 Å². The summed E-state index contributed by atoms with van der Waals surface area (Å²) in [4.78, 5) is 9.84. The van der Waals surface area contributed by atoms with Gasteiger partial charge in [-0.05, 0) is 12.2 Å². The van der Waals surface area contributed by atoms with Gasteiger partial charge < -0.3 is 4.74 Å². The molecule has 48 valence electrons. The number of rotatable bonds is 3. The maximum Gasteiger partial charge on any atom is 0.403 e. The van der Waals surface area contributed by atoms with Gasteiger partial charge in [-0.1, -0.05) is 0 Å². The summed E-state index contributed by atoms with van der Waals surface area (Å²) in [6.07, 6.45) is 0.752. The third-order valence-electron chi connectivity index (χ3n) is 0.518. The predicted octanol–water partition coefficient (Wildman–Crippen LogP) is 1.68. The Morgan fingerprint density at radius 2 is 2.38 bits per heavy atom. The third-order valence-corrected chi connectivity index (χ3v) is 0.943. The van der Waals surface area contributed by atoms with E-state index in [2.05, 4.69) is 17.4 Å². The summed E-state index contributed by atoms with van der Waals surface area (Å²) in [5.74, 6) is 0.712. The molecule has 2 nitrogen and oxygen atoms in total. The minimum atomic E-state index is -0.744. The molecule has 0 N–H and O–H groups in total. The maximum atomic E-state index is 9.84. The molecule has 0 saturated heterocycles. The Labute approximate surface area is 58.6 Å². The van der Waals surface area contributed by atoms with Crippen molar-refractivity contribution in [3.63, 3.8) is 0 Å². The van der Waals surface area contributed by atoms with Crippen molar-refractivity contribution in [1.29, 1.82) is 0 Å². The van der Waals surface area contributed by atoms with Gasteiger partial charge in [-0.3, -0.25) is 0 Å². The number of ether oxygens (including phenoxy) is 1.